The summed E-state index contributed by atoms with van der Waals surface area (Å²) in [5.41, 5.74) is 2.35. The molecule has 0 atom stereocenters. The zero-order valence-corrected chi connectivity index (χ0v) is 14.8. The molecule has 0 aliphatic rings. The van der Waals surface area contributed by atoms with Crippen LogP contribution in [0.3, 0.4) is 0 Å². The smallest absolute Gasteiger partial charge is 0.161 e. The molecule has 2 aromatic rings. The van der Waals surface area contributed by atoms with E-state index in [0.29, 0.717) is 0 Å². The second kappa shape index (κ2) is 10.7. The minimum atomic E-state index is 0.745. The van der Waals surface area contributed by atoms with E-state index in [-0.39, 0.29) is 0 Å². The molecule has 0 aliphatic carbocycles. The number of benzene rings is 1. The van der Waals surface area contributed by atoms with Crippen LogP contribution in [0.1, 0.15) is 43.7 Å². The lowest BCUT2D eigenvalue weighted by Gasteiger charge is -2.12. The number of unbranched alkanes of at least 4 members (excludes halogenated alkanes) is 3. The lowest BCUT2D eigenvalue weighted by Crippen LogP contribution is -2.13. The van der Waals surface area contributed by atoms with Crippen molar-refractivity contribution in [1.29, 1.82) is 0 Å². The summed E-state index contributed by atoms with van der Waals surface area (Å²) in [4.78, 5) is 4.12. The summed E-state index contributed by atoms with van der Waals surface area (Å²) >= 11 is 0. The van der Waals surface area contributed by atoms with Crippen LogP contribution >= 0.6 is 0 Å². The normalized spacial score (nSPS) is 10.6. The first kappa shape index (κ1) is 18.3. The largest absolute Gasteiger partial charge is 0.493 e. The van der Waals surface area contributed by atoms with E-state index in [1.807, 2.05) is 24.4 Å². The molecular formula is C20H28N2O2. The maximum Gasteiger partial charge on any atom is 0.161 e. The zero-order chi connectivity index (χ0) is 17.0. The first-order chi connectivity index (χ1) is 11.8. The van der Waals surface area contributed by atoms with E-state index >= 15 is 0 Å². The van der Waals surface area contributed by atoms with E-state index in [1.54, 1.807) is 13.3 Å². The fourth-order valence-corrected chi connectivity index (χ4v) is 2.51. The third kappa shape index (κ3) is 6.20. The number of aromatic nitrogens is 1. The Bertz CT molecular complexity index is 587. The van der Waals surface area contributed by atoms with Gasteiger partial charge >= 0.3 is 0 Å². The minimum absolute atomic E-state index is 0.745. The molecule has 2 rings (SSSR count). The van der Waals surface area contributed by atoms with Crippen LogP contribution in [0.4, 0.5) is 0 Å². The van der Waals surface area contributed by atoms with Crippen LogP contribution in [-0.2, 0) is 13.1 Å². The third-order valence-electron chi connectivity index (χ3n) is 3.86. The van der Waals surface area contributed by atoms with Crippen molar-refractivity contribution in [2.75, 3.05) is 13.7 Å². The Morgan fingerprint density at radius 2 is 1.88 bits per heavy atom. The summed E-state index contributed by atoms with van der Waals surface area (Å²) in [5.74, 6) is 1.62. The fraction of sp³-hybridized carbons (Fsp3) is 0.450. The Kier molecular flexibility index (Phi) is 8.11. The van der Waals surface area contributed by atoms with Crippen LogP contribution in [-0.4, -0.2) is 18.7 Å². The molecule has 0 saturated heterocycles. The van der Waals surface area contributed by atoms with Crippen molar-refractivity contribution >= 4 is 0 Å². The molecule has 0 aliphatic heterocycles. The molecule has 0 radical (unpaired) electrons. The molecule has 1 aromatic heterocycles. The molecule has 130 valence electrons. The van der Waals surface area contributed by atoms with E-state index < -0.39 is 0 Å². The Morgan fingerprint density at radius 1 is 1.00 bits per heavy atom. The van der Waals surface area contributed by atoms with Gasteiger partial charge in [-0.05, 0) is 35.7 Å². The Balaban J connectivity index is 1.81. The predicted molar refractivity (Wildman–Crippen MR) is 97.4 cm³/mol. The van der Waals surface area contributed by atoms with E-state index in [1.165, 1.54) is 30.4 Å². The SMILES string of the molecule is CCCCCCOc1ccc(CNCc2cccnc2)cc1OC. The summed E-state index contributed by atoms with van der Waals surface area (Å²) in [5, 5.41) is 3.42. The van der Waals surface area contributed by atoms with Crippen LogP contribution in [0.25, 0.3) is 0 Å². The van der Waals surface area contributed by atoms with Crippen molar-refractivity contribution in [3.05, 3.63) is 53.9 Å². The monoisotopic (exact) mass is 328 g/mol. The lowest BCUT2D eigenvalue weighted by atomic mass is 10.2. The summed E-state index contributed by atoms with van der Waals surface area (Å²) < 4.78 is 11.3. The van der Waals surface area contributed by atoms with Crippen LogP contribution in [0.5, 0.6) is 11.5 Å². The predicted octanol–water partition coefficient (Wildman–Crippen LogP) is 4.34. The highest BCUT2D eigenvalue weighted by atomic mass is 16.5. The number of nitrogens with zero attached hydrogens (tertiary/aromatic N) is 1. The second-order valence-electron chi connectivity index (χ2n) is 5.86. The van der Waals surface area contributed by atoms with Gasteiger partial charge in [0.05, 0.1) is 13.7 Å². The molecule has 0 bridgehead atoms. The molecule has 0 spiro atoms. The van der Waals surface area contributed by atoms with Gasteiger partial charge in [-0.15, -0.1) is 0 Å². The first-order valence-electron chi connectivity index (χ1n) is 8.72. The van der Waals surface area contributed by atoms with Gasteiger partial charge in [0.1, 0.15) is 0 Å². The highest BCUT2D eigenvalue weighted by Gasteiger charge is 2.06. The molecule has 1 heterocycles. The van der Waals surface area contributed by atoms with Crippen LogP contribution in [0, 0.1) is 0 Å². The Hall–Kier alpha value is -2.07. The van der Waals surface area contributed by atoms with Crippen molar-refractivity contribution in [2.24, 2.45) is 0 Å². The fourth-order valence-electron chi connectivity index (χ4n) is 2.51. The number of methoxy groups -OCH3 is 1. The van der Waals surface area contributed by atoms with E-state index in [0.717, 1.165) is 37.6 Å². The quantitative estimate of drug-likeness (QED) is 0.623. The van der Waals surface area contributed by atoms with Gasteiger partial charge in [-0.25, -0.2) is 0 Å². The minimum Gasteiger partial charge on any atom is -0.493 e. The topological polar surface area (TPSA) is 43.4 Å². The van der Waals surface area contributed by atoms with Gasteiger partial charge in [-0.3, -0.25) is 4.98 Å². The summed E-state index contributed by atoms with van der Waals surface area (Å²) in [6, 6.07) is 10.1. The molecule has 4 heteroatoms. The number of rotatable bonds is 11. The van der Waals surface area contributed by atoms with Gasteiger partial charge in [0.25, 0.3) is 0 Å². The average Bonchev–Trinajstić information content (AvgIpc) is 2.63. The molecular weight excluding hydrogens is 300 g/mol. The number of ether oxygens (including phenoxy) is 2. The molecule has 0 saturated carbocycles. The van der Waals surface area contributed by atoms with E-state index in [4.69, 9.17) is 9.47 Å². The summed E-state index contributed by atoms with van der Waals surface area (Å²) in [6.45, 7) is 4.54. The van der Waals surface area contributed by atoms with Crippen LogP contribution in [0.2, 0.25) is 0 Å². The molecule has 0 unspecified atom stereocenters. The van der Waals surface area contributed by atoms with Gasteiger partial charge < -0.3 is 14.8 Å². The molecule has 4 nitrogen and oxygen atoms in total. The molecule has 24 heavy (non-hydrogen) atoms. The lowest BCUT2D eigenvalue weighted by molar-refractivity contribution is 0.285. The van der Waals surface area contributed by atoms with Crippen molar-refractivity contribution in [2.45, 2.75) is 45.7 Å². The maximum atomic E-state index is 5.85. The summed E-state index contributed by atoms with van der Waals surface area (Å²) in [7, 11) is 1.69. The number of nitrogens with one attached hydrogen (secondary N) is 1. The molecule has 1 aromatic carbocycles. The van der Waals surface area contributed by atoms with Crippen LogP contribution < -0.4 is 14.8 Å². The van der Waals surface area contributed by atoms with Crippen molar-refractivity contribution in [1.82, 2.24) is 10.3 Å². The zero-order valence-electron chi connectivity index (χ0n) is 14.8. The number of hydrogen-bond acceptors (Lipinski definition) is 4. The van der Waals surface area contributed by atoms with Crippen molar-refractivity contribution in [3.8, 4) is 11.5 Å². The highest BCUT2D eigenvalue weighted by molar-refractivity contribution is 5.43. The molecule has 1 N–H and O–H groups in total. The number of hydrogen-bond donors (Lipinski definition) is 1. The molecule has 0 fully saturated rings. The molecule has 0 amide bonds. The Labute approximate surface area is 145 Å². The van der Waals surface area contributed by atoms with Crippen molar-refractivity contribution in [3.63, 3.8) is 0 Å². The Morgan fingerprint density at radius 3 is 2.62 bits per heavy atom. The maximum absolute atomic E-state index is 5.85. The van der Waals surface area contributed by atoms with Gasteiger partial charge in [-0.2, -0.15) is 0 Å². The van der Waals surface area contributed by atoms with Crippen LogP contribution in [0.15, 0.2) is 42.7 Å². The average molecular weight is 328 g/mol. The van der Waals surface area contributed by atoms with Gasteiger partial charge in [-0.1, -0.05) is 38.3 Å². The van der Waals surface area contributed by atoms with Gasteiger partial charge in [0, 0.05) is 25.5 Å². The highest BCUT2D eigenvalue weighted by Crippen LogP contribution is 2.28. The van der Waals surface area contributed by atoms with Crippen molar-refractivity contribution < 1.29 is 9.47 Å². The standard InChI is InChI=1S/C20H28N2O2/c1-3-4-5-6-12-24-19-10-9-17(13-20(19)23-2)14-22-16-18-8-7-11-21-15-18/h7-11,13,15,22H,3-6,12,14,16H2,1-2H3. The first-order valence-corrected chi connectivity index (χ1v) is 8.72. The van der Waals surface area contributed by atoms with Gasteiger partial charge in [0.15, 0.2) is 11.5 Å². The van der Waals surface area contributed by atoms with E-state index in [9.17, 15) is 0 Å². The number of pyridine rings is 1. The van der Waals surface area contributed by atoms with Gasteiger partial charge in [0.2, 0.25) is 0 Å². The summed E-state index contributed by atoms with van der Waals surface area (Å²) in [6.07, 6.45) is 8.48. The third-order valence-corrected chi connectivity index (χ3v) is 3.86. The van der Waals surface area contributed by atoms with E-state index in [2.05, 4.69) is 29.4 Å². The second-order valence-corrected chi connectivity index (χ2v) is 5.86.